The average Bonchev–Trinajstić information content (AvgIpc) is 2.78. The van der Waals surface area contributed by atoms with Crippen molar-refractivity contribution >= 4 is 10.7 Å². The molecule has 2 aliphatic carbocycles. The second-order valence-corrected chi connectivity index (χ2v) is 11.2. The topological polar surface area (TPSA) is 29.1 Å². The molecule has 1 saturated carbocycles. The van der Waals surface area contributed by atoms with Gasteiger partial charge >= 0.3 is 168 Å². The Labute approximate surface area is 191 Å². The number of carbonyl (C=O) groups excluding carboxylic acids is 1. The zero-order valence-corrected chi connectivity index (χ0v) is 21.4. The molecule has 2 nitrogen and oxygen atoms in total. The normalized spacial score (nSPS) is 22.2. The third kappa shape index (κ3) is 7.75. The standard InChI is InChI=1S/C13H25NO.C9H13.CH2.2ClH.Ti/c14-13(15)12-10-8-6-4-2-1-3-5-7-9-11-12;1-6-5-7(2)9(4)8(6)3;;;;/h12H,1-11H2,(H2,14,15);6H,1-4H3;1H2;2*1H;/q;;;;;+3/p-3. The van der Waals surface area contributed by atoms with Gasteiger partial charge in [0.05, 0.1) is 0 Å². The van der Waals surface area contributed by atoms with Gasteiger partial charge in [-0.1, -0.05) is 0 Å². The third-order valence-corrected chi connectivity index (χ3v) is 9.85. The molecule has 160 valence electrons. The van der Waals surface area contributed by atoms with Crippen molar-refractivity contribution in [2.24, 2.45) is 11.8 Å². The number of allylic oxidation sites excluding steroid dienone is 4. The van der Waals surface area contributed by atoms with Crippen molar-refractivity contribution in [2.45, 2.75) is 98.3 Å². The molecule has 1 atom stereocenters. The van der Waals surface area contributed by atoms with Gasteiger partial charge in [0.2, 0.25) is 0 Å². The molecule has 0 aromatic heterocycles. The van der Waals surface area contributed by atoms with E-state index in [0.717, 1.165) is 12.8 Å². The average molecular weight is 464 g/mol. The maximum atomic E-state index is 13.0. The summed E-state index contributed by atoms with van der Waals surface area (Å²) in [6.45, 7) is 8.95. The number of nitrogens with one attached hydrogen (secondary N) is 1. The van der Waals surface area contributed by atoms with E-state index in [1.807, 2.05) is 0 Å². The number of carbonyl (C=O) groups is 1. The van der Waals surface area contributed by atoms with Crippen LogP contribution in [-0.2, 0) is 22.5 Å². The summed E-state index contributed by atoms with van der Waals surface area (Å²) in [5.41, 5.74) is 4.28. The van der Waals surface area contributed by atoms with E-state index in [1.165, 1.54) is 78.4 Å². The van der Waals surface area contributed by atoms with Crippen molar-refractivity contribution in [1.29, 1.82) is 0 Å². The molecule has 0 radical (unpaired) electrons. The van der Waals surface area contributed by atoms with Gasteiger partial charge < -0.3 is 24.8 Å². The molecule has 0 spiro atoms. The summed E-state index contributed by atoms with van der Waals surface area (Å²) < 4.78 is 4.91. The van der Waals surface area contributed by atoms with Crippen LogP contribution >= 0.6 is 0 Å². The van der Waals surface area contributed by atoms with E-state index in [1.54, 1.807) is 0 Å². The van der Waals surface area contributed by atoms with Crippen molar-refractivity contribution in [3.8, 4) is 0 Å². The van der Waals surface area contributed by atoms with Gasteiger partial charge in [0.25, 0.3) is 0 Å². The first kappa shape index (κ1) is 28.1. The van der Waals surface area contributed by atoms with Crippen LogP contribution in [0.3, 0.4) is 0 Å². The van der Waals surface area contributed by atoms with Crippen LogP contribution in [0.4, 0.5) is 0 Å². The fourth-order valence-corrected chi connectivity index (χ4v) is 7.74. The molecule has 0 heterocycles. The molecule has 0 aromatic rings. The Morgan fingerprint density at radius 1 is 0.857 bits per heavy atom. The SMILES string of the molecule is [CH2]=[Ti+2]([NH]C(=O)C1CCCCCCCCCCC1)[C]1=C(C)C(C)=C(C)C1C.[Cl-].[Cl-]. The predicted octanol–water partition coefficient (Wildman–Crippen LogP) is 0.257. The number of hydrogen-bond acceptors (Lipinski definition) is 1. The van der Waals surface area contributed by atoms with Gasteiger partial charge in [-0.05, 0) is 0 Å². The predicted molar refractivity (Wildman–Crippen MR) is 110 cm³/mol. The first-order valence-electron chi connectivity index (χ1n) is 10.8. The van der Waals surface area contributed by atoms with Gasteiger partial charge in [-0.3, -0.25) is 0 Å². The van der Waals surface area contributed by atoms with Crippen molar-refractivity contribution in [2.75, 3.05) is 0 Å². The fraction of sp³-hybridized carbons (Fsp3) is 0.739. The second-order valence-electron chi connectivity index (χ2n) is 8.49. The van der Waals surface area contributed by atoms with E-state index >= 15 is 0 Å². The van der Waals surface area contributed by atoms with Crippen LogP contribution in [0, 0.1) is 11.8 Å². The molecule has 1 amide bonds. The number of amides is 1. The van der Waals surface area contributed by atoms with Gasteiger partial charge in [0.15, 0.2) is 0 Å². The summed E-state index contributed by atoms with van der Waals surface area (Å²) in [6.07, 6.45) is 14.0. The van der Waals surface area contributed by atoms with E-state index in [4.69, 9.17) is 0 Å². The van der Waals surface area contributed by atoms with Crippen LogP contribution in [0.2, 0.25) is 0 Å². The van der Waals surface area contributed by atoms with Crippen LogP contribution in [0.5, 0.6) is 0 Å². The van der Waals surface area contributed by atoms with Gasteiger partial charge in [-0.25, -0.2) is 0 Å². The number of rotatable bonds is 3. The van der Waals surface area contributed by atoms with Gasteiger partial charge in [0.1, 0.15) is 0 Å². The van der Waals surface area contributed by atoms with Crippen molar-refractivity contribution in [3.63, 3.8) is 0 Å². The Morgan fingerprint density at radius 2 is 1.29 bits per heavy atom. The zero-order valence-electron chi connectivity index (χ0n) is 18.3. The molecular formula is C23H39Cl2NOTi. The largest absolute Gasteiger partial charge is 1.00 e. The van der Waals surface area contributed by atoms with E-state index in [2.05, 4.69) is 36.3 Å². The molecule has 0 saturated heterocycles. The van der Waals surface area contributed by atoms with E-state index in [-0.39, 0.29) is 30.7 Å². The summed E-state index contributed by atoms with van der Waals surface area (Å²) in [7, 11) is 0. The molecule has 2 aliphatic rings. The molecule has 5 heteroatoms. The molecule has 1 N–H and O–H groups in total. The Hall–Kier alpha value is 0.114. The smallest absolute Gasteiger partial charge is 1.00 e. The number of halogens is 2. The maximum Gasteiger partial charge on any atom is -1.00 e. The molecule has 2 rings (SSSR count). The molecule has 1 fully saturated rings. The summed E-state index contributed by atoms with van der Waals surface area (Å²) in [6, 6.07) is 0. The summed E-state index contributed by atoms with van der Waals surface area (Å²) >= 11 is -1.96. The first-order valence-corrected chi connectivity index (χ1v) is 13.5. The molecule has 0 aromatic carbocycles. The van der Waals surface area contributed by atoms with E-state index in [9.17, 15) is 4.79 Å². The van der Waals surface area contributed by atoms with E-state index in [0.29, 0.717) is 11.8 Å². The van der Waals surface area contributed by atoms with Gasteiger partial charge in [-0.2, -0.15) is 0 Å². The third-order valence-electron chi connectivity index (χ3n) is 6.72. The molecule has 1 unspecified atom stereocenters. The Morgan fingerprint density at radius 3 is 1.68 bits per heavy atom. The monoisotopic (exact) mass is 463 g/mol. The minimum absolute atomic E-state index is 0. The molecular weight excluding hydrogens is 425 g/mol. The van der Waals surface area contributed by atoms with E-state index < -0.39 is 17.7 Å². The summed E-state index contributed by atoms with van der Waals surface area (Å²) in [5.74, 6) is 0.993. The van der Waals surface area contributed by atoms with Crippen LogP contribution in [-0.4, -0.2) is 10.7 Å². The van der Waals surface area contributed by atoms with Crippen LogP contribution in [0.15, 0.2) is 20.6 Å². The van der Waals surface area contributed by atoms with Crippen LogP contribution < -0.4 is 28.6 Å². The number of hydrogen-bond donors (Lipinski definition) is 1. The first-order chi connectivity index (χ1) is 12.4. The summed E-state index contributed by atoms with van der Waals surface area (Å²) in [5, 5.41) is 0. The second kappa shape index (κ2) is 14.2. The minimum atomic E-state index is -1.96. The Kier molecular flexibility index (Phi) is 14.2. The quantitative estimate of drug-likeness (QED) is 0.597. The van der Waals surface area contributed by atoms with Crippen molar-refractivity contribution in [1.82, 2.24) is 3.80 Å². The summed E-state index contributed by atoms with van der Waals surface area (Å²) in [4.78, 5) is 17.5. The zero-order chi connectivity index (χ0) is 19.1. The van der Waals surface area contributed by atoms with Crippen LogP contribution in [0.25, 0.3) is 0 Å². The van der Waals surface area contributed by atoms with Crippen molar-refractivity contribution < 1.29 is 47.3 Å². The van der Waals surface area contributed by atoms with Crippen molar-refractivity contribution in [3.05, 3.63) is 20.6 Å². The molecule has 0 bridgehead atoms. The molecule has 0 aliphatic heterocycles. The minimum Gasteiger partial charge on any atom is -1.00 e. The van der Waals surface area contributed by atoms with Crippen LogP contribution in [0.1, 0.15) is 98.3 Å². The van der Waals surface area contributed by atoms with Gasteiger partial charge in [-0.15, -0.1) is 0 Å². The fourth-order valence-electron chi connectivity index (χ4n) is 4.60. The Balaban J connectivity index is 0.00000364. The Bertz CT molecular complexity index is 585. The maximum absolute atomic E-state index is 13.0. The van der Waals surface area contributed by atoms with Gasteiger partial charge in [0, 0.05) is 0 Å². The molecule has 28 heavy (non-hydrogen) atoms.